The van der Waals surface area contributed by atoms with Crippen LogP contribution in [-0.2, 0) is 0 Å². The molecule has 1 aliphatic heterocycles. The van der Waals surface area contributed by atoms with Crippen LogP contribution < -0.4 is 4.90 Å². The van der Waals surface area contributed by atoms with E-state index in [0.29, 0.717) is 0 Å². The maximum absolute atomic E-state index is 12.3. The molecule has 104 valence electrons. The molecule has 0 spiro atoms. The van der Waals surface area contributed by atoms with E-state index in [0.717, 1.165) is 31.7 Å². The SMILES string of the molecule is CCN(CC)C(=O)c1ccc(N2CCCC2)c(C)c1. The van der Waals surface area contributed by atoms with E-state index in [1.165, 1.54) is 24.1 Å². The number of anilines is 1. The second kappa shape index (κ2) is 6.09. The molecule has 0 aromatic heterocycles. The molecule has 1 amide bonds. The number of rotatable bonds is 4. The number of amides is 1. The van der Waals surface area contributed by atoms with Gasteiger partial charge in [0.1, 0.15) is 0 Å². The highest BCUT2D eigenvalue weighted by atomic mass is 16.2. The molecular formula is C16H24N2O. The van der Waals surface area contributed by atoms with Gasteiger partial charge in [0.2, 0.25) is 0 Å². The maximum Gasteiger partial charge on any atom is 0.253 e. The first kappa shape index (κ1) is 13.9. The predicted octanol–water partition coefficient (Wildman–Crippen LogP) is 3.08. The monoisotopic (exact) mass is 260 g/mol. The van der Waals surface area contributed by atoms with E-state index in [1.54, 1.807) is 0 Å². The van der Waals surface area contributed by atoms with E-state index >= 15 is 0 Å². The summed E-state index contributed by atoms with van der Waals surface area (Å²) in [5.74, 6) is 0.140. The van der Waals surface area contributed by atoms with E-state index < -0.39 is 0 Å². The van der Waals surface area contributed by atoms with E-state index in [-0.39, 0.29) is 5.91 Å². The zero-order valence-electron chi connectivity index (χ0n) is 12.3. The third kappa shape index (κ3) is 2.91. The van der Waals surface area contributed by atoms with E-state index in [1.807, 2.05) is 30.9 Å². The van der Waals surface area contributed by atoms with Crippen molar-refractivity contribution in [2.75, 3.05) is 31.1 Å². The minimum absolute atomic E-state index is 0.140. The van der Waals surface area contributed by atoms with Gasteiger partial charge in [0, 0.05) is 37.4 Å². The lowest BCUT2D eigenvalue weighted by atomic mass is 10.1. The van der Waals surface area contributed by atoms with E-state index in [2.05, 4.69) is 17.9 Å². The van der Waals surface area contributed by atoms with Crippen LogP contribution in [0.25, 0.3) is 0 Å². The summed E-state index contributed by atoms with van der Waals surface area (Å²) in [5, 5.41) is 0. The standard InChI is InChI=1S/C16H24N2O/c1-4-17(5-2)16(19)14-8-9-15(13(3)12-14)18-10-6-7-11-18/h8-9,12H,4-7,10-11H2,1-3H3. The van der Waals surface area contributed by atoms with Crippen molar-refractivity contribution in [2.45, 2.75) is 33.6 Å². The Balaban J connectivity index is 2.20. The van der Waals surface area contributed by atoms with Crippen molar-refractivity contribution in [3.8, 4) is 0 Å². The van der Waals surface area contributed by atoms with Crippen molar-refractivity contribution in [3.05, 3.63) is 29.3 Å². The largest absolute Gasteiger partial charge is 0.371 e. The molecule has 0 unspecified atom stereocenters. The summed E-state index contributed by atoms with van der Waals surface area (Å²) in [6.45, 7) is 9.96. The van der Waals surface area contributed by atoms with Gasteiger partial charge in [-0.15, -0.1) is 0 Å². The Morgan fingerprint density at radius 3 is 2.37 bits per heavy atom. The van der Waals surface area contributed by atoms with Crippen molar-refractivity contribution in [1.29, 1.82) is 0 Å². The zero-order chi connectivity index (χ0) is 13.8. The molecule has 1 aromatic carbocycles. The summed E-state index contributed by atoms with van der Waals surface area (Å²) < 4.78 is 0. The van der Waals surface area contributed by atoms with Crippen LogP contribution in [0.15, 0.2) is 18.2 Å². The summed E-state index contributed by atoms with van der Waals surface area (Å²) >= 11 is 0. The van der Waals surface area contributed by atoms with E-state index in [9.17, 15) is 4.79 Å². The fourth-order valence-corrected chi connectivity index (χ4v) is 2.79. The number of benzene rings is 1. The first-order chi connectivity index (χ1) is 9.17. The van der Waals surface area contributed by atoms with Gasteiger partial charge < -0.3 is 9.80 Å². The lowest BCUT2D eigenvalue weighted by molar-refractivity contribution is 0.0773. The van der Waals surface area contributed by atoms with Gasteiger partial charge in [-0.3, -0.25) is 4.79 Å². The maximum atomic E-state index is 12.3. The highest BCUT2D eigenvalue weighted by molar-refractivity contribution is 5.95. The molecule has 1 saturated heterocycles. The third-order valence-electron chi connectivity index (χ3n) is 3.94. The number of carbonyl (C=O) groups excluding carboxylic acids is 1. The minimum atomic E-state index is 0.140. The lowest BCUT2D eigenvalue weighted by Gasteiger charge is -2.22. The Kier molecular flexibility index (Phi) is 4.46. The molecule has 3 heteroatoms. The van der Waals surface area contributed by atoms with Gasteiger partial charge in [-0.05, 0) is 57.4 Å². The van der Waals surface area contributed by atoms with Gasteiger partial charge in [-0.1, -0.05) is 0 Å². The summed E-state index contributed by atoms with van der Waals surface area (Å²) in [5.41, 5.74) is 3.30. The van der Waals surface area contributed by atoms with Gasteiger partial charge in [0.15, 0.2) is 0 Å². The van der Waals surface area contributed by atoms with Gasteiger partial charge in [0.05, 0.1) is 0 Å². The molecule has 2 rings (SSSR count). The third-order valence-corrected chi connectivity index (χ3v) is 3.94. The van der Waals surface area contributed by atoms with Crippen LogP contribution in [0.4, 0.5) is 5.69 Å². The molecule has 0 atom stereocenters. The quantitative estimate of drug-likeness (QED) is 0.830. The molecular weight excluding hydrogens is 236 g/mol. The molecule has 1 aliphatic rings. The molecule has 0 bridgehead atoms. The number of aryl methyl sites for hydroxylation is 1. The highest BCUT2D eigenvalue weighted by Crippen LogP contribution is 2.25. The average Bonchev–Trinajstić information content (AvgIpc) is 2.93. The molecule has 0 N–H and O–H groups in total. The normalized spacial score (nSPS) is 14.8. The molecule has 0 radical (unpaired) electrons. The molecule has 0 aliphatic carbocycles. The summed E-state index contributed by atoms with van der Waals surface area (Å²) in [6, 6.07) is 6.12. The summed E-state index contributed by atoms with van der Waals surface area (Å²) in [6.07, 6.45) is 2.55. The Hall–Kier alpha value is -1.51. The van der Waals surface area contributed by atoms with Crippen molar-refractivity contribution >= 4 is 11.6 Å². The smallest absolute Gasteiger partial charge is 0.253 e. The topological polar surface area (TPSA) is 23.6 Å². The number of hydrogen-bond acceptors (Lipinski definition) is 2. The Labute approximate surface area is 116 Å². The van der Waals surface area contributed by atoms with Crippen LogP contribution in [0.3, 0.4) is 0 Å². The Bertz CT molecular complexity index is 446. The van der Waals surface area contributed by atoms with Crippen LogP contribution >= 0.6 is 0 Å². The van der Waals surface area contributed by atoms with Crippen LogP contribution in [0.5, 0.6) is 0 Å². The predicted molar refractivity (Wildman–Crippen MR) is 79.9 cm³/mol. The second-order valence-electron chi connectivity index (χ2n) is 5.17. The van der Waals surface area contributed by atoms with Gasteiger partial charge in [-0.2, -0.15) is 0 Å². The van der Waals surface area contributed by atoms with Gasteiger partial charge >= 0.3 is 0 Å². The average molecular weight is 260 g/mol. The number of carbonyl (C=O) groups is 1. The Morgan fingerprint density at radius 2 is 1.84 bits per heavy atom. The van der Waals surface area contributed by atoms with E-state index in [4.69, 9.17) is 0 Å². The first-order valence-electron chi connectivity index (χ1n) is 7.32. The summed E-state index contributed by atoms with van der Waals surface area (Å²) in [7, 11) is 0. The molecule has 0 saturated carbocycles. The van der Waals surface area contributed by atoms with Crippen molar-refractivity contribution in [1.82, 2.24) is 4.90 Å². The van der Waals surface area contributed by atoms with Gasteiger partial charge in [0.25, 0.3) is 5.91 Å². The van der Waals surface area contributed by atoms with Crippen LogP contribution in [0.2, 0.25) is 0 Å². The lowest BCUT2D eigenvalue weighted by Crippen LogP contribution is -2.30. The second-order valence-corrected chi connectivity index (χ2v) is 5.17. The van der Waals surface area contributed by atoms with Crippen molar-refractivity contribution in [2.24, 2.45) is 0 Å². The highest BCUT2D eigenvalue weighted by Gasteiger charge is 2.17. The first-order valence-corrected chi connectivity index (χ1v) is 7.32. The molecule has 1 fully saturated rings. The van der Waals surface area contributed by atoms with Crippen molar-refractivity contribution in [3.63, 3.8) is 0 Å². The summed E-state index contributed by atoms with van der Waals surface area (Å²) in [4.78, 5) is 16.6. The fourth-order valence-electron chi connectivity index (χ4n) is 2.79. The fraction of sp³-hybridized carbons (Fsp3) is 0.562. The van der Waals surface area contributed by atoms with Gasteiger partial charge in [-0.25, -0.2) is 0 Å². The zero-order valence-corrected chi connectivity index (χ0v) is 12.3. The minimum Gasteiger partial charge on any atom is -0.371 e. The van der Waals surface area contributed by atoms with Crippen LogP contribution in [0.1, 0.15) is 42.6 Å². The Morgan fingerprint density at radius 1 is 1.21 bits per heavy atom. The van der Waals surface area contributed by atoms with Crippen molar-refractivity contribution < 1.29 is 4.79 Å². The molecule has 19 heavy (non-hydrogen) atoms. The van der Waals surface area contributed by atoms with Crippen LogP contribution in [0, 0.1) is 6.92 Å². The molecule has 1 heterocycles. The molecule has 1 aromatic rings. The number of hydrogen-bond donors (Lipinski definition) is 0. The molecule has 3 nitrogen and oxygen atoms in total. The van der Waals surface area contributed by atoms with Crippen LogP contribution in [-0.4, -0.2) is 37.0 Å². The number of nitrogens with zero attached hydrogens (tertiary/aromatic N) is 2.